The van der Waals surface area contributed by atoms with E-state index in [9.17, 15) is 18.3 Å². The third-order valence-corrected chi connectivity index (χ3v) is 3.93. The number of anilines is 2. The highest BCUT2D eigenvalue weighted by molar-refractivity contribution is 5.91. The van der Waals surface area contributed by atoms with E-state index in [-0.39, 0.29) is 5.75 Å². The number of H-pyrrole nitrogens is 1. The lowest BCUT2D eigenvalue weighted by atomic mass is 10.1. The van der Waals surface area contributed by atoms with Gasteiger partial charge >= 0.3 is 6.18 Å². The Morgan fingerprint density at radius 1 is 1.00 bits per heavy atom. The van der Waals surface area contributed by atoms with Crippen LogP contribution in [0.15, 0.2) is 54.6 Å². The van der Waals surface area contributed by atoms with Gasteiger partial charge in [0.2, 0.25) is 5.95 Å². The lowest BCUT2D eigenvalue weighted by Gasteiger charge is -2.06. The highest BCUT2D eigenvalue weighted by atomic mass is 19.4. The first-order chi connectivity index (χ1) is 11.9. The van der Waals surface area contributed by atoms with Crippen molar-refractivity contribution in [3.05, 3.63) is 60.2 Å². The van der Waals surface area contributed by atoms with E-state index in [0.29, 0.717) is 28.1 Å². The summed E-state index contributed by atoms with van der Waals surface area (Å²) in [6, 6.07) is 13.9. The van der Waals surface area contributed by atoms with Gasteiger partial charge in [-0.1, -0.05) is 12.1 Å². The number of hydrogen-bond acceptors (Lipinski definition) is 3. The van der Waals surface area contributed by atoms with E-state index in [1.165, 1.54) is 6.07 Å². The third-order valence-electron chi connectivity index (χ3n) is 3.93. The molecule has 0 spiro atoms. The standard InChI is InChI=1S/C18H12F3N3O/c19-18(20,21)11-4-7-14-15(9-11)24-17(23-14)22-12-5-6-13-10(8-12)2-1-3-16(13)25/h1-9,25H,(H2,22,23,24). The summed E-state index contributed by atoms with van der Waals surface area (Å²) in [6.07, 6.45) is -4.40. The van der Waals surface area contributed by atoms with Gasteiger partial charge in [-0.05, 0) is 47.9 Å². The van der Waals surface area contributed by atoms with E-state index in [2.05, 4.69) is 15.3 Å². The Hall–Kier alpha value is -3.22. The molecule has 0 saturated heterocycles. The van der Waals surface area contributed by atoms with Crippen LogP contribution in [0.1, 0.15) is 5.56 Å². The molecule has 0 saturated carbocycles. The van der Waals surface area contributed by atoms with Gasteiger partial charge in [0.15, 0.2) is 0 Å². The van der Waals surface area contributed by atoms with Crippen LogP contribution in [0.3, 0.4) is 0 Å². The van der Waals surface area contributed by atoms with Crippen LogP contribution in [0, 0.1) is 0 Å². The Bertz CT molecular complexity index is 1090. The molecular weight excluding hydrogens is 331 g/mol. The first kappa shape index (κ1) is 15.3. The molecule has 1 aromatic heterocycles. The zero-order chi connectivity index (χ0) is 17.6. The molecule has 1 heterocycles. The molecule has 0 radical (unpaired) electrons. The zero-order valence-corrected chi connectivity index (χ0v) is 12.7. The lowest BCUT2D eigenvalue weighted by molar-refractivity contribution is -0.137. The molecule has 4 nitrogen and oxygen atoms in total. The van der Waals surface area contributed by atoms with E-state index < -0.39 is 11.7 Å². The van der Waals surface area contributed by atoms with Crippen LogP contribution in [0.4, 0.5) is 24.8 Å². The van der Waals surface area contributed by atoms with E-state index in [0.717, 1.165) is 17.5 Å². The van der Waals surface area contributed by atoms with Gasteiger partial charge in [0.1, 0.15) is 5.75 Å². The molecule has 3 aromatic carbocycles. The molecule has 4 aromatic rings. The first-order valence-electron chi connectivity index (χ1n) is 7.46. The van der Waals surface area contributed by atoms with Crippen LogP contribution in [-0.2, 0) is 6.18 Å². The fourth-order valence-corrected chi connectivity index (χ4v) is 2.73. The van der Waals surface area contributed by atoms with E-state index in [1.54, 1.807) is 24.3 Å². The van der Waals surface area contributed by atoms with Gasteiger partial charge in [0, 0.05) is 11.1 Å². The normalized spacial score (nSPS) is 12.0. The van der Waals surface area contributed by atoms with Gasteiger partial charge in [-0.2, -0.15) is 13.2 Å². The smallest absolute Gasteiger partial charge is 0.416 e. The summed E-state index contributed by atoms with van der Waals surface area (Å²) >= 11 is 0. The van der Waals surface area contributed by atoms with Crippen molar-refractivity contribution in [3.8, 4) is 5.75 Å². The maximum absolute atomic E-state index is 12.8. The zero-order valence-electron chi connectivity index (χ0n) is 12.7. The second-order valence-corrected chi connectivity index (χ2v) is 5.65. The molecule has 3 N–H and O–H groups in total. The largest absolute Gasteiger partial charge is 0.507 e. The second-order valence-electron chi connectivity index (χ2n) is 5.65. The number of phenols is 1. The molecule has 7 heteroatoms. The highest BCUT2D eigenvalue weighted by Crippen LogP contribution is 2.32. The second kappa shape index (κ2) is 5.41. The number of fused-ring (bicyclic) bond motifs is 2. The SMILES string of the molecule is Oc1cccc2cc(Nc3nc4ccc(C(F)(F)F)cc4[nH]3)ccc12. The van der Waals surface area contributed by atoms with Gasteiger partial charge in [-0.25, -0.2) is 4.98 Å². The number of aromatic amines is 1. The van der Waals surface area contributed by atoms with Crippen molar-refractivity contribution in [3.63, 3.8) is 0 Å². The molecule has 0 aliphatic carbocycles. The fraction of sp³-hybridized carbons (Fsp3) is 0.0556. The van der Waals surface area contributed by atoms with Crippen molar-refractivity contribution in [1.29, 1.82) is 0 Å². The molecular formula is C18H12F3N3O. The van der Waals surface area contributed by atoms with Crippen molar-refractivity contribution in [1.82, 2.24) is 9.97 Å². The monoisotopic (exact) mass is 343 g/mol. The van der Waals surface area contributed by atoms with Crippen molar-refractivity contribution in [2.75, 3.05) is 5.32 Å². The molecule has 0 aliphatic rings. The average Bonchev–Trinajstić information content (AvgIpc) is 2.95. The number of hydrogen-bond donors (Lipinski definition) is 3. The first-order valence-corrected chi connectivity index (χ1v) is 7.46. The van der Waals surface area contributed by atoms with E-state index in [1.807, 2.05) is 12.1 Å². The number of imidazole rings is 1. The van der Waals surface area contributed by atoms with E-state index >= 15 is 0 Å². The third kappa shape index (κ3) is 2.84. The fourth-order valence-electron chi connectivity index (χ4n) is 2.73. The molecule has 0 aliphatic heterocycles. The van der Waals surface area contributed by atoms with Crippen molar-refractivity contribution >= 4 is 33.4 Å². The Morgan fingerprint density at radius 3 is 2.64 bits per heavy atom. The van der Waals surface area contributed by atoms with E-state index in [4.69, 9.17) is 0 Å². The number of nitrogens with one attached hydrogen (secondary N) is 2. The number of nitrogens with zero attached hydrogens (tertiary/aromatic N) is 1. The summed E-state index contributed by atoms with van der Waals surface area (Å²) in [7, 11) is 0. The maximum atomic E-state index is 12.8. The highest BCUT2D eigenvalue weighted by Gasteiger charge is 2.30. The van der Waals surface area contributed by atoms with Gasteiger partial charge in [0.05, 0.1) is 16.6 Å². The molecule has 0 atom stereocenters. The summed E-state index contributed by atoms with van der Waals surface area (Å²) in [5.41, 5.74) is 0.717. The topological polar surface area (TPSA) is 60.9 Å². The summed E-state index contributed by atoms with van der Waals surface area (Å²) in [6.45, 7) is 0. The van der Waals surface area contributed by atoms with Crippen LogP contribution in [0.2, 0.25) is 0 Å². The maximum Gasteiger partial charge on any atom is 0.416 e. The molecule has 4 rings (SSSR count). The summed E-state index contributed by atoms with van der Waals surface area (Å²) in [4.78, 5) is 7.09. The van der Waals surface area contributed by atoms with Crippen LogP contribution in [-0.4, -0.2) is 15.1 Å². The summed E-state index contributed by atoms with van der Waals surface area (Å²) in [5, 5.41) is 14.4. The minimum Gasteiger partial charge on any atom is -0.507 e. The van der Waals surface area contributed by atoms with Crippen LogP contribution in [0.5, 0.6) is 5.75 Å². The lowest BCUT2D eigenvalue weighted by Crippen LogP contribution is -2.04. The predicted octanol–water partition coefficient (Wildman–Crippen LogP) is 5.18. The summed E-state index contributed by atoms with van der Waals surface area (Å²) < 4.78 is 38.3. The molecule has 0 unspecified atom stereocenters. The van der Waals surface area contributed by atoms with Gasteiger partial charge < -0.3 is 15.4 Å². The van der Waals surface area contributed by atoms with Crippen molar-refractivity contribution < 1.29 is 18.3 Å². The van der Waals surface area contributed by atoms with Crippen molar-refractivity contribution in [2.45, 2.75) is 6.18 Å². The van der Waals surface area contributed by atoms with Crippen molar-refractivity contribution in [2.24, 2.45) is 0 Å². The van der Waals surface area contributed by atoms with Crippen LogP contribution in [0.25, 0.3) is 21.8 Å². The average molecular weight is 343 g/mol. The van der Waals surface area contributed by atoms with Gasteiger partial charge in [-0.15, -0.1) is 0 Å². The van der Waals surface area contributed by atoms with Gasteiger partial charge in [-0.3, -0.25) is 0 Å². The number of phenolic OH excluding ortho intramolecular Hbond substituents is 1. The number of benzene rings is 3. The Labute approximate surface area is 139 Å². The Balaban J connectivity index is 1.68. The quantitative estimate of drug-likeness (QED) is 0.470. The molecule has 25 heavy (non-hydrogen) atoms. The Kier molecular flexibility index (Phi) is 3.31. The molecule has 0 amide bonds. The number of aromatic hydroxyl groups is 1. The van der Waals surface area contributed by atoms with Crippen LogP contribution < -0.4 is 5.32 Å². The number of halogens is 3. The number of aromatic nitrogens is 2. The van der Waals surface area contributed by atoms with Crippen LogP contribution >= 0.6 is 0 Å². The molecule has 0 bridgehead atoms. The molecule has 0 fully saturated rings. The van der Waals surface area contributed by atoms with Gasteiger partial charge in [0.25, 0.3) is 0 Å². The number of rotatable bonds is 2. The Morgan fingerprint density at radius 2 is 1.84 bits per heavy atom. The molecule has 126 valence electrons. The number of alkyl halides is 3. The minimum atomic E-state index is -4.40. The summed E-state index contributed by atoms with van der Waals surface area (Å²) in [5.74, 6) is 0.529. The minimum absolute atomic E-state index is 0.187. The predicted molar refractivity (Wildman–Crippen MR) is 90.0 cm³/mol.